The van der Waals surface area contributed by atoms with Crippen LogP contribution in [0.15, 0.2) is 100 Å². The van der Waals surface area contributed by atoms with Crippen molar-refractivity contribution in [3.63, 3.8) is 0 Å². The summed E-state index contributed by atoms with van der Waals surface area (Å²) in [7, 11) is 0. The number of rotatable bonds is 4. The first kappa shape index (κ1) is 22.0. The first-order chi connectivity index (χ1) is 16.9. The van der Waals surface area contributed by atoms with Crippen LogP contribution in [0.25, 0.3) is 33.4 Å². The van der Waals surface area contributed by atoms with Gasteiger partial charge in [0.1, 0.15) is 17.2 Å². The van der Waals surface area contributed by atoms with E-state index in [2.05, 4.69) is 5.32 Å². The summed E-state index contributed by atoms with van der Waals surface area (Å²) in [5.41, 5.74) is 2.10. The molecule has 5 aromatic rings. The topological polar surface area (TPSA) is 79.5 Å². The van der Waals surface area contributed by atoms with Crippen LogP contribution < -0.4 is 10.7 Å². The van der Waals surface area contributed by atoms with Gasteiger partial charge in [-0.25, -0.2) is 8.78 Å². The van der Waals surface area contributed by atoms with Crippen molar-refractivity contribution in [3.8, 4) is 28.2 Å². The van der Waals surface area contributed by atoms with E-state index >= 15 is 0 Å². The van der Waals surface area contributed by atoms with E-state index in [-0.39, 0.29) is 28.1 Å². The molecule has 0 fully saturated rings. The van der Waals surface area contributed by atoms with Crippen LogP contribution in [0.2, 0.25) is 0 Å². The number of hydrogen-bond acceptors (Lipinski definition) is 4. The monoisotopic (exact) mass is 469 g/mol. The largest absolute Gasteiger partial charge is 0.502 e. The van der Waals surface area contributed by atoms with Gasteiger partial charge in [-0.2, -0.15) is 0 Å². The second kappa shape index (κ2) is 8.87. The first-order valence-corrected chi connectivity index (χ1v) is 10.6. The summed E-state index contributed by atoms with van der Waals surface area (Å²) >= 11 is 0. The standard InChI is InChI=1S/C28H17F2NO4/c29-20-9-4-16(5-10-20)18-8-13-23-24(15-18)35-27(26(33)25(23)32)19-2-1-3-22(14-19)31-28(34)17-6-11-21(30)12-7-17/h1-15,33H,(H,31,34). The maximum Gasteiger partial charge on any atom is 0.255 e. The normalized spacial score (nSPS) is 10.9. The number of halogens is 2. The third-order valence-electron chi connectivity index (χ3n) is 5.54. The zero-order valence-corrected chi connectivity index (χ0v) is 18.1. The van der Waals surface area contributed by atoms with E-state index in [1.54, 1.807) is 54.6 Å². The molecule has 5 rings (SSSR count). The molecule has 2 N–H and O–H groups in total. The Morgan fingerprint density at radius 3 is 2.14 bits per heavy atom. The van der Waals surface area contributed by atoms with Crippen LogP contribution in [-0.4, -0.2) is 11.0 Å². The lowest BCUT2D eigenvalue weighted by Crippen LogP contribution is -2.11. The Balaban J connectivity index is 1.53. The van der Waals surface area contributed by atoms with Crippen LogP contribution in [0.4, 0.5) is 14.5 Å². The number of carbonyl (C=O) groups excluding carboxylic acids is 1. The predicted molar refractivity (Wildman–Crippen MR) is 129 cm³/mol. The van der Waals surface area contributed by atoms with E-state index in [0.29, 0.717) is 16.8 Å². The fraction of sp³-hybridized carbons (Fsp3) is 0. The van der Waals surface area contributed by atoms with Gasteiger partial charge in [-0.15, -0.1) is 0 Å². The summed E-state index contributed by atoms with van der Waals surface area (Å²) in [5, 5.41) is 13.5. The molecule has 5 nitrogen and oxygen atoms in total. The van der Waals surface area contributed by atoms with Crippen LogP contribution in [0.1, 0.15) is 10.4 Å². The third kappa shape index (κ3) is 4.39. The molecule has 172 valence electrons. The Kier molecular flexibility index (Phi) is 5.58. The molecule has 0 atom stereocenters. The Morgan fingerprint density at radius 1 is 0.771 bits per heavy atom. The van der Waals surface area contributed by atoms with Crippen LogP contribution in [-0.2, 0) is 0 Å². The highest BCUT2D eigenvalue weighted by Gasteiger charge is 2.17. The molecular weight excluding hydrogens is 452 g/mol. The molecule has 1 aromatic heterocycles. The molecule has 0 saturated heterocycles. The number of carbonyl (C=O) groups is 1. The van der Waals surface area contributed by atoms with Gasteiger partial charge in [0, 0.05) is 16.8 Å². The van der Waals surface area contributed by atoms with Crippen molar-refractivity contribution in [2.45, 2.75) is 0 Å². The zero-order valence-electron chi connectivity index (χ0n) is 18.1. The molecule has 0 radical (unpaired) electrons. The number of benzene rings is 4. The van der Waals surface area contributed by atoms with E-state index in [4.69, 9.17) is 4.42 Å². The van der Waals surface area contributed by atoms with Crippen molar-refractivity contribution in [1.29, 1.82) is 0 Å². The van der Waals surface area contributed by atoms with Gasteiger partial charge in [0.15, 0.2) is 5.76 Å². The van der Waals surface area contributed by atoms with E-state index in [1.807, 2.05) is 0 Å². The second-order valence-electron chi connectivity index (χ2n) is 7.87. The van der Waals surface area contributed by atoms with Gasteiger partial charge in [0.05, 0.1) is 5.39 Å². The lowest BCUT2D eigenvalue weighted by atomic mass is 10.0. The third-order valence-corrected chi connectivity index (χ3v) is 5.54. The van der Waals surface area contributed by atoms with Crippen LogP contribution in [0, 0.1) is 11.6 Å². The maximum absolute atomic E-state index is 13.3. The average molecular weight is 469 g/mol. The van der Waals surface area contributed by atoms with E-state index in [1.165, 1.54) is 36.4 Å². The second-order valence-corrected chi connectivity index (χ2v) is 7.87. The highest BCUT2D eigenvalue weighted by Crippen LogP contribution is 2.33. The Hall–Kier alpha value is -4.78. The highest BCUT2D eigenvalue weighted by molar-refractivity contribution is 6.04. The molecule has 4 aromatic carbocycles. The van der Waals surface area contributed by atoms with Gasteiger partial charge >= 0.3 is 0 Å². The van der Waals surface area contributed by atoms with Gasteiger partial charge in [0.25, 0.3) is 5.91 Å². The summed E-state index contributed by atoms with van der Waals surface area (Å²) in [6.45, 7) is 0. The number of anilines is 1. The lowest BCUT2D eigenvalue weighted by molar-refractivity contribution is 0.102. The quantitative estimate of drug-likeness (QED) is 0.321. The predicted octanol–water partition coefficient (Wildman–Crippen LogP) is 6.36. The smallest absolute Gasteiger partial charge is 0.255 e. The van der Waals surface area contributed by atoms with E-state index in [0.717, 1.165) is 5.56 Å². The molecule has 0 spiro atoms. The molecular formula is C28H17F2NO4. The number of hydrogen-bond donors (Lipinski definition) is 2. The summed E-state index contributed by atoms with van der Waals surface area (Å²) in [4.78, 5) is 25.3. The molecule has 0 bridgehead atoms. The van der Waals surface area contributed by atoms with Gasteiger partial charge in [-0.1, -0.05) is 30.3 Å². The number of amides is 1. The van der Waals surface area contributed by atoms with Crippen LogP contribution in [0.3, 0.4) is 0 Å². The Bertz CT molecular complexity index is 1620. The maximum atomic E-state index is 13.3. The minimum atomic E-state index is -0.604. The highest BCUT2D eigenvalue weighted by atomic mass is 19.1. The minimum absolute atomic E-state index is 0.0587. The van der Waals surface area contributed by atoms with Crippen molar-refractivity contribution in [2.75, 3.05) is 5.32 Å². The summed E-state index contributed by atoms with van der Waals surface area (Å²) < 4.78 is 32.3. The molecule has 7 heteroatoms. The number of nitrogens with one attached hydrogen (secondary N) is 1. The SMILES string of the molecule is O=C(Nc1cccc(-c2oc3cc(-c4ccc(F)cc4)ccc3c(=O)c2O)c1)c1ccc(F)cc1. The summed E-state index contributed by atoms with van der Waals surface area (Å²) in [6.07, 6.45) is 0. The molecule has 1 heterocycles. The molecule has 0 aliphatic rings. The summed E-state index contributed by atoms with van der Waals surface area (Å²) in [5.74, 6) is -1.88. The van der Waals surface area contributed by atoms with Crippen molar-refractivity contribution in [3.05, 3.63) is 118 Å². The minimum Gasteiger partial charge on any atom is -0.502 e. The molecule has 0 unspecified atom stereocenters. The van der Waals surface area contributed by atoms with Crippen molar-refractivity contribution in [2.24, 2.45) is 0 Å². The van der Waals surface area contributed by atoms with Crippen molar-refractivity contribution < 1.29 is 23.1 Å². The fourth-order valence-electron chi connectivity index (χ4n) is 3.74. The summed E-state index contributed by atoms with van der Waals surface area (Å²) in [6, 6.07) is 22.3. The van der Waals surface area contributed by atoms with Gasteiger partial charge < -0.3 is 14.8 Å². The van der Waals surface area contributed by atoms with Crippen LogP contribution in [0.5, 0.6) is 5.75 Å². The number of fused-ring (bicyclic) bond motifs is 1. The first-order valence-electron chi connectivity index (χ1n) is 10.6. The van der Waals surface area contributed by atoms with Gasteiger partial charge in [-0.3, -0.25) is 9.59 Å². The molecule has 0 aliphatic heterocycles. The Morgan fingerprint density at radius 2 is 1.43 bits per heavy atom. The van der Waals surface area contributed by atoms with Gasteiger partial charge in [-0.05, 0) is 71.8 Å². The molecule has 35 heavy (non-hydrogen) atoms. The van der Waals surface area contributed by atoms with Crippen molar-refractivity contribution >= 4 is 22.6 Å². The van der Waals surface area contributed by atoms with Crippen molar-refractivity contribution in [1.82, 2.24) is 0 Å². The van der Waals surface area contributed by atoms with E-state index < -0.39 is 22.9 Å². The van der Waals surface area contributed by atoms with E-state index in [9.17, 15) is 23.5 Å². The van der Waals surface area contributed by atoms with Crippen LogP contribution >= 0.6 is 0 Å². The molecule has 1 amide bonds. The molecule has 0 saturated carbocycles. The molecule has 0 aliphatic carbocycles. The van der Waals surface area contributed by atoms with Gasteiger partial charge in [0.2, 0.25) is 11.2 Å². The fourth-order valence-corrected chi connectivity index (χ4v) is 3.74. The zero-order chi connectivity index (χ0) is 24.5. The lowest BCUT2D eigenvalue weighted by Gasteiger charge is -2.10. The average Bonchev–Trinajstić information content (AvgIpc) is 2.87. The number of aromatic hydroxyl groups is 1. The Labute approximate surface area is 197 Å².